The average Bonchev–Trinajstić information content (AvgIpc) is 2.82. The summed E-state index contributed by atoms with van der Waals surface area (Å²) in [6, 6.07) is 24.1. The van der Waals surface area contributed by atoms with E-state index in [0.29, 0.717) is 35.3 Å². The van der Waals surface area contributed by atoms with Gasteiger partial charge in [0.25, 0.3) is 11.5 Å². The van der Waals surface area contributed by atoms with Gasteiger partial charge in [-0.25, -0.2) is 4.98 Å². The first kappa shape index (κ1) is 20.3. The lowest BCUT2D eigenvalue weighted by Gasteiger charge is -2.22. The zero-order valence-electron chi connectivity index (χ0n) is 17.2. The zero-order chi connectivity index (χ0) is 21.6. The summed E-state index contributed by atoms with van der Waals surface area (Å²) in [4.78, 5) is 34.8. The fraction of sp³-hybridized carbons (Fsp3) is 0.160. The van der Waals surface area contributed by atoms with Crippen LogP contribution in [0.3, 0.4) is 0 Å². The fourth-order valence-electron chi connectivity index (χ4n) is 3.46. The van der Waals surface area contributed by atoms with E-state index in [2.05, 4.69) is 9.97 Å². The summed E-state index contributed by atoms with van der Waals surface area (Å²) in [5, 5.41) is 0.533. The Kier molecular flexibility index (Phi) is 6.08. The van der Waals surface area contributed by atoms with E-state index in [1.165, 1.54) is 0 Å². The molecule has 6 nitrogen and oxygen atoms in total. The number of aromatic nitrogens is 2. The second kappa shape index (κ2) is 9.26. The average molecular weight is 413 g/mol. The molecule has 1 heterocycles. The molecule has 0 fully saturated rings. The van der Waals surface area contributed by atoms with Crippen LogP contribution < -0.4 is 10.3 Å². The van der Waals surface area contributed by atoms with Crippen LogP contribution in [0.4, 0.5) is 0 Å². The molecule has 0 spiro atoms. The second-order valence-corrected chi connectivity index (χ2v) is 7.22. The summed E-state index contributed by atoms with van der Waals surface area (Å²) in [5.41, 5.74) is 2.10. The van der Waals surface area contributed by atoms with Crippen LogP contribution in [-0.2, 0) is 13.0 Å². The quantitative estimate of drug-likeness (QED) is 0.500. The molecule has 6 heteroatoms. The first-order valence-electron chi connectivity index (χ1n) is 10.1. The predicted molar refractivity (Wildman–Crippen MR) is 120 cm³/mol. The van der Waals surface area contributed by atoms with Crippen LogP contribution >= 0.6 is 0 Å². The van der Waals surface area contributed by atoms with E-state index in [4.69, 9.17) is 4.74 Å². The van der Waals surface area contributed by atoms with Gasteiger partial charge in [-0.05, 0) is 48.4 Å². The van der Waals surface area contributed by atoms with E-state index in [1.54, 1.807) is 42.3 Å². The molecule has 1 N–H and O–H groups in total. The highest BCUT2D eigenvalue weighted by atomic mass is 16.5. The lowest BCUT2D eigenvalue weighted by molar-refractivity contribution is 0.0741. The number of amides is 1. The number of carbonyl (C=O) groups is 1. The maximum Gasteiger partial charge on any atom is 0.258 e. The third-order valence-corrected chi connectivity index (χ3v) is 5.14. The van der Waals surface area contributed by atoms with Crippen LogP contribution in [0.1, 0.15) is 21.7 Å². The van der Waals surface area contributed by atoms with Crippen LogP contribution in [0.15, 0.2) is 83.7 Å². The van der Waals surface area contributed by atoms with Gasteiger partial charge in [0.15, 0.2) is 0 Å². The molecule has 0 unspecified atom stereocenters. The third-order valence-electron chi connectivity index (χ3n) is 5.14. The summed E-state index contributed by atoms with van der Waals surface area (Å²) in [6.07, 6.45) is 0.667. The largest absolute Gasteiger partial charge is 0.497 e. The summed E-state index contributed by atoms with van der Waals surface area (Å²) < 4.78 is 5.21. The van der Waals surface area contributed by atoms with Gasteiger partial charge in [-0.1, -0.05) is 42.5 Å². The van der Waals surface area contributed by atoms with Gasteiger partial charge >= 0.3 is 0 Å². The topological polar surface area (TPSA) is 75.3 Å². The predicted octanol–water partition coefficient (Wildman–Crippen LogP) is 3.82. The van der Waals surface area contributed by atoms with Crippen molar-refractivity contribution in [1.29, 1.82) is 0 Å². The number of rotatable bonds is 7. The molecule has 3 aromatic carbocycles. The summed E-state index contributed by atoms with van der Waals surface area (Å²) in [6.45, 7) is 0.695. The van der Waals surface area contributed by atoms with Gasteiger partial charge in [0.1, 0.15) is 11.6 Å². The molecule has 4 rings (SSSR count). The first-order valence-corrected chi connectivity index (χ1v) is 10.1. The Morgan fingerprint density at radius 3 is 2.42 bits per heavy atom. The number of carbonyl (C=O) groups excluding carboxylic acids is 1. The van der Waals surface area contributed by atoms with Gasteiger partial charge in [-0.2, -0.15) is 0 Å². The molecule has 0 aliphatic carbocycles. The highest BCUT2D eigenvalue weighted by molar-refractivity contribution is 5.94. The Hall–Kier alpha value is -3.93. The van der Waals surface area contributed by atoms with Gasteiger partial charge in [-0.15, -0.1) is 0 Å². The Balaban J connectivity index is 1.60. The lowest BCUT2D eigenvalue weighted by atomic mass is 10.1. The van der Waals surface area contributed by atoms with E-state index < -0.39 is 0 Å². The third kappa shape index (κ3) is 4.80. The van der Waals surface area contributed by atoms with Crippen molar-refractivity contribution in [2.24, 2.45) is 0 Å². The van der Waals surface area contributed by atoms with Crippen molar-refractivity contribution in [3.8, 4) is 5.75 Å². The van der Waals surface area contributed by atoms with Crippen molar-refractivity contribution in [2.75, 3.05) is 13.7 Å². The van der Waals surface area contributed by atoms with Gasteiger partial charge in [-0.3, -0.25) is 9.59 Å². The smallest absolute Gasteiger partial charge is 0.258 e. The molecule has 1 aromatic heterocycles. The number of nitrogens with one attached hydrogen (secondary N) is 1. The molecule has 31 heavy (non-hydrogen) atoms. The normalized spacial score (nSPS) is 10.7. The Morgan fingerprint density at radius 2 is 1.68 bits per heavy atom. The van der Waals surface area contributed by atoms with E-state index in [1.807, 2.05) is 48.5 Å². The van der Waals surface area contributed by atoms with Crippen molar-refractivity contribution in [1.82, 2.24) is 14.9 Å². The SMILES string of the molecule is COc1ccc(CCN(Cc2nc3ccccc3c(=O)[nH]2)C(=O)c2ccccc2)cc1. The maximum atomic E-state index is 13.2. The van der Waals surface area contributed by atoms with Crippen molar-refractivity contribution < 1.29 is 9.53 Å². The van der Waals surface area contributed by atoms with Crippen LogP contribution in [0.25, 0.3) is 10.9 Å². The highest BCUT2D eigenvalue weighted by Gasteiger charge is 2.18. The highest BCUT2D eigenvalue weighted by Crippen LogP contribution is 2.14. The minimum absolute atomic E-state index is 0.107. The number of benzene rings is 3. The molecule has 0 bridgehead atoms. The number of hydrogen-bond acceptors (Lipinski definition) is 4. The lowest BCUT2D eigenvalue weighted by Crippen LogP contribution is -2.34. The molecule has 0 aliphatic heterocycles. The van der Waals surface area contributed by atoms with E-state index in [0.717, 1.165) is 11.3 Å². The second-order valence-electron chi connectivity index (χ2n) is 7.22. The minimum Gasteiger partial charge on any atom is -0.497 e. The number of nitrogens with zero attached hydrogens (tertiary/aromatic N) is 2. The van der Waals surface area contributed by atoms with Gasteiger partial charge in [0.05, 0.1) is 24.6 Å². The Bertz CT molecular complexity index is 1230. The maximum absolute atomic E-state index is 13.2. The van der Waals surface area contributed by atoms with Gasteiger partial charge in [0.2, 0.25) is 0 Å². The molecular formula is C25H23N3O3. The van der Waals surface area contributed by atoms with Crippen LogP contribution in [0.2, 0.25) is 0 Å². The number of aromatic amines is 1. The molecule has 0 aliphatic rings. The molecular weight excluding hydrogens is 390 g/mol. The van der Waals surface area contributed by atoms with Gasteiger partial charge in [0, 0.05) is 12.1 Å². The Labute approximate surface area is 180 Å². The van der Waals surface area contributed by atoms with Crippen molar-refractivity contribution in [3.05, 3.63) is 106 Å². The van der Waals surface area contributed by atoms with E-state index >= 15 is 0 Å². The van der Waals surface area contributed by atoms with Crippen molar-refractivity contribution >= 4 is 16.8 Å². The van der Waals surface area contributed by atoms with Crippen molar-refractivity contribution in [2.45, 2.75) is 13.0 Å². The first-order chi connectivity index (χ1) is 15.1. The molecule has 0 radical (unpaired) electrons. The minimum atomic E-state index is -0.206. The Morgan fingerprint density at radius 1 is 0.968 bits per heavy atom. The summed E-state index contributed by atoms with van der Waals surface area (Å²) in [7, 11) is 1.63. The van der Waals surface area contributed by atoms with Gasteiger partial charge < -0.3 is 14.6 Å². The van der Waals surface area contributed by atoms with Crippen molar-refractivity contribution in [3.63, 3.8) is 0 Å². The number of ether oxygens (including phenoxy) is 1. The number of para-hydroxylation sites is 1. The number of H-pyrrole nitrogens is 1. The molecule has 0 atom stereocenters. The molecule has 1 amide bonds. The molecule has 0 saturated carbocycles. The summed E-state index contributed by atoms with van der Waals surface area (Å²) >= 11 is 0. The summed E-state index contributed by atoms with van der Waals surface area (Å²) in [5.74, 6) is 1.14. The van der Waals surface area contributed by atoms with Crippen LogP contribution in [-0.4, -0.2) is 34.4 Å². The van der Waals surface area contributed by atoms with E-state index in [9.17, 15) is 9.59 Å². The monoisotopic (exact) mass is 413 g/mol. The molecule has 4 aromatic rings. The van der Waals surface area contributed by atoms with Crippen LogP contribution in [0, 0.1) is 0 Å². The molecule has 0 saturated heterocycles. The van der Waals surface area contributed by atoms with Crippen LogP contribution in [0.5, 0.6) is 5.75 Å². The molecule has 156 valence electrons. The number of hydrogen-bond donors (Lipinski definition) is 1. The zero-order valence-corrected chi connectivity index (χ0v) is 17.2. The van der Waals surface area contributed by atoms with E-state index in [-0.39, 0.29) is 18.0 Å². The fourth-order valence-corrected chi connectivity index (χ4v) is 3.46. The number of methoxy groups -OCH3 is 1. The standard InChI is InChI=1S/C25H23N3O3/c1-31-20-13-11-18(12-14-20)15-16-28(25(30)19-7-3-2-4-8-19)17-23-26-22-10-6-5-9-21(22)24(29)27-23/h2-14H,15-17H2,1H3,(H,26,27,29). The number of fused-ring (bicyclic) bond motifs is 1.